The highest BCUT2D eigenvalue weighted by molar-refractivity contribution is 7.93. The fourth-order valence-electron chi connectivity index (χ4n) is 3.67. The standard InChI is InChI=1S/C22H24N4O4S2.H2/c1-30-20-5-3-2-4-16(20)10-12-23-19-11-14-26(21(19)27)17-6-8-18(9-7-17)32(28,29)25-22-24-13-15-31-22;/h2-9,13,15,19,23H,10-12,14H2,1H3,(H,24,25);1H. The first-order valence-corrected chi connectivity index (χ1v) is 12.5. The minimum atomic E-state index is -3.72. The van der Waals surface area contributed by atoms with E-state index < -0.39 is 10.0 Å². The molecule has 170 valence electrons. The van der Waals surface area contributed by atoms with Crippen LogP contribution in [0.2, 0.25) is 0 Å². The van der Waals surface area contributed by atoms with Gasteiger partial charge in [-0.1, -0.05) is 18.2 Å². The normalized spacial score (nSPS) is 16.3. The minimum absolute atomic E-state index is 0. The number of para-hydroxylation sites is 1. The first-order valence-electron chi connectivity index (χ1n) is 10.2. The quantitative estimate of drug-likeness (QED) is 0.494. The summed E-state index contributed by atoms with van der Waals surface area (Å²) in [6, 6.07) is 13.9. The van der Waals surface area contributed by atoms with Crippen LogP contribution in [0.5, 0.6) is 5.75 Å². The van der Waals surface area contributed by atoms with Gasteiger partial charge in [-0.3, -0.25) is 9.52 Å². The zero-order valence-corrected chi connectivity index (χ0v) is 19.2. The summed E-state index contributed by atoms with van der Waals surface area (Å²) < 4.78 is 32.8. The molecule has 0 radical (unpaired) electrons. The molecule has 2 aromatic carbocycles. The Morgan fingerprint density at radius 1 is 1.22 bits per heavy atom. The Morgan fingerprint density at radius 3 is 2.72 bits per heavy atom. The molecule has 1 aromatic heterocycles. The molecule has 8 nitrogen and oxygen atoms in total. The van der Waals surface area contributed by atoms with Gasteiger partial charge in [-0.25, -0.2) is 13.4 Å². The van der Waals surface area contributed by atoms with Crippen LogP contribution in [0.25, 0.3) is 0 Å². The Bertz CT molecular complexity index is 1170. The van der Waals surface area contributed by atoms with Crippen LogP contribution in [0, 0.1) is 0 Å². The molecule has 32 heavy (non-hydrogen) atoms. The van der Waals surface area contributed by atoms with Gasteiger partial charge in [-0.2, -0.15) is 0 Å². The predicted molar refractivity (Wildman–Crippen MR) is 127 cm³/mol. The van der Waals surface area contributed by atoms with Crippen LogP contribution < -0.4 is 19.7 Å². The Labute approximate surface area is 192 Å². The predicted octanol–water partition coefficient (Wildman–Crippen LogP) is 3.14. The zero-order chi connectivity index (χ0) is 22.6. The van der Waals surface area contributed by atoms with Crippen molar-refractivity contribution >= 4 is 38.1 Å². The molecule has 1 unspecified atom stereocenters. The van der Waals surface area contributed by atoms with Crippen molar-refractivity contribution in [3.8, 4) is 5.75 Å². The Hall–Kier alpha value is -2.95. The average molecular weight is 475 g/mol. The van der Waals surface area contributed by atoms with Gasteiger partial charge in [0.15, 0.2) is 5.13 Å². The first kappa shape index (κ1) is 22.3. The van der Waals surface area contributed by atoms with Crippen molar-refractivity contribution in [2.45, 2.75) is 23.8 Å². The first-order chi connectivity index (χ1) is 15.5. The number of aromatic nitrogens is 1. The van der Waals surface area contributed by atoms with E-state index in [0.29, 0.717) is 30.3 Å². The molecule has 0 bridgehead atoms. The molecule has 1 aliphatic heterocycles. The Balaban J connectivity index is 0.00000306. The maximum atomic E-state index is 12.9. The molecular weight excluding hydrogens is 448 g/mol. The van der Waals surface area contributed by atoms with Gasteiger partial charge in [0, 0.05) is 31.8 Å². The van der Waals surface area contributed by atoms with Gasteiger partial charge in [-0.15, -0.1) is 11.3 Å². The topological polar surface area (TPSA) is 101 Å². The molecule has 1 amide bonds. The fourth-order valence-corrected chi connectivity index (χ4v) is 5.46. The van der Waals surface area contributed by atoms with E-state index in [0.717, 1.165) is 17.7 Å². The van der Waals surface area contributed by atoms with Crippen LogP contribution >= 0.6 is 11.3 Å². The van der Waals surface area contributed by atoms with E-state index in [1.165, 1.54) is 29.7 Å². The number of carbonyl (C=O) groups is 1. The third kappa shape index (κ3) is 4.93. The third-order valence-electron chi connectivity index (χ3n) is 5.30. The maximum Gasteiger partial charge on any atom is 0.263 e. The second-order valence-electron chi connectivity index (χ2n) is 7.28. The Morgan fingerprint density at radius 2 is 2.00 bits per heavy atom. The van der Waals surface area contributed by atoms with Crippen molar-refractivity contribution in [3.63, 3.8) is 0 Å². The van der Waals surface area contributed by atoms with Crippen molar-refractivity contribution < 1.29 is 19.4 Å². The summed E-state index contributed by atoms with van der Waals surface area (Å²) in [4.78, 5) is 18.6. The molecule has 2 N–H and O–H groups in total. The molecule has 0 saturated carbocycles. The van der Waals surface area contributed by atoms with E-state index in [4.69, 9.17) is 4.74 Å². The fraction of sp³-hybridized carbons (Fsp3) is 0.273. The van der Waals surface area contributed by atoms with E-state index in [1.807, 2.05) is 24.3 Å². The number of amides is 1. The van der Waals surface area contributed by atoms with Crippen LogP contribution in [0.1, 0.15) is 13.4 Å². The number of nitrogens with zero attached hydrogens (tertiary/aromatic N) is 2. The van der Waals surface area contributed by atoms with Crippen LogP contribution in [0.4, 0.5) is 10.8 Å². The second-order valence-corrected chi connectivity index (χ2v) is 9.86. The summed E-state index contributed by atoms with van der Waals surface area (Å²) in [5.41, 5.74) is 1.77. The van der Waals surface area contributed by atoms with Crippen molar-refractivity contribution in [1.29, 1.82) is 0 Å². The summed E-state index contributed by atoms with van der Waals surface area (Å²) in [7, 11) is -2.07. The minimum Gasteiger partial charge on any atom is -0.496 e. The monoisotopic (exact) mass is 474 g/mol. The number of nitrogens with one attached hydrogen (secondary N) is 2. The van der Waals surface area contributed by atoms with Gasteiger partial charge in [0.25, 0.3) is 10.0 Å². The second kappa shape index (κ2) is 9.68. The summed E-state index contributed by atoms with van der Waals surface area (Å²) in [6.07, 6.45) is 2.98. The number of rotatable bonds is 9. The highest BCUT2D eigenvalue weighted by Gasteiger charge is 2.32. The number of methoxy groups -OCH3 is 1. The van der Waals surface area contributed by atoms with Crippen molar-refractivity contribution in [2.75, 3.05) is 29.8 Å². The number of hydrogen-bond acceptors (Lipinski definition) is 7. The number of anilines is 2. The molecule has 3 aromatic rings. The summed E-state index contributed by atoms with van der Waals surface area (Å²) >= 11 is 1.21. The van der Waals surface area contributed by atoms with E-state index in [9.17, 15) is 13.2 Å². The molecule has 2 heterocycles. The number of carbonyl (C=O) groups excluding carboxylic acids is 1. The van der Waals surface area contributed by atoms with Gasteiger partial charge in [0.05, 0.1) is 18.0 Å². The van der Waals surface area contributed by atoms with Gasteiger partial charge in [0.2, 0.25) is 5.91 Å². The van der Waals surface area contributed by atoms with Gasteiger partial charge in [0.1, 0.15) is 5.75 Å². The maximum absolute atomic E-state index is 12.9. The molecule has 1 fully saturated rings. The van der Waals surface area contributed by atoms with E-state index in [-0.39, 0.29) is 18.3 Å². The molecule has 10 heteroatoms. The van der Waals surface area contributed by atoms with E-state index in [1.54, 1.807) is 29.5 Å². The van der Waals surface area contributed by atoms with Crippen molar-refractivity contribution in [1.82, 2.24) is 10.3 Å². The number of sulfonamides is 1. The molecule has 0 aliphatic carbocycles. The molecule has 0 spiro atoms. The van der Waals surface area contributed by atoms with Crippen molar-refractivity contribution in [3.05, 3.63) is 65.7 Å². The molecule has 1 aliphatic rings. The summed E-state index contributed by atoms with van der Waals surface area (Å²) in [5.74, 6) is 0.828. The van der Waals surface area contributed by atoms with E-state index >= 15 is 0 Å². The third-order valence-corrected chi connectivity index (χ3v) is 7.47. The number of hydrogen-bond donors (Lipinski definition) is 2. The number of thiazole rings is 1. The lowest BCUT2D eigenvalue weighted by molar-refractivity contribution is -0.118. The highest BCUT2D eigenvalue weighted by atomic mass is 32.2. The smallest absolute Gasteiger partial charge is 0.263 e. The van der Waals surface area contributed by atoms with E-state index in [2.05, 4.69) is 15.0 Å². The summed E-state index contributed by atoms with van der Waals surface area (Å²) in [6.45, 7) is 1.23. The zero-order valence-electron chi connectivity index (χ0n) is 17.5. The number of benzene rings is 2. The molecule has 4 rings (SSSR count). The molecule has 1 atom stereocenters. The lowest BCUT2D eigenvalue weighted by Gasteiger charge is -2.18. The summed E-state index contributed by atoms with van der Waals surface area (Å²) in [5, 5.41) is 5.34. The number of ether oxygens (including phenoxy) is 1. The van der Waals surface area contributed by atoms with Gasteiger partial charge < -0.3 is 15.0 Å². The van der Waals surface area contributed by atoms with Crippen LogP contribution in [-0.4, -0.2) is 45.6 Å². The van der Waals surface area contributed by atoms with Gasteiger partial charge >= 0.3 is 0 Å². The molecular formula is C22H26N4O4S2. The lowest BCUT2D eigenvalue weighted by atomic mass is 10.1. The largest absolute Gasteiger partial charge is 0.496 e. The average Bonchev–Trinajstić information content (AvgIpc) is 3.43. The SMILES string of the molecule is COc1ccccc1CCNC1CCN(c2ccc(S(=O)(=O)Nc3nccs3)cc2)C1=O.[HH]. The Kier molecular flexibility index (Phi) is 6.73. The lowest BCUT2D eigenvalue weighted by Crippen LogP contribution is -2.39. The highest BCUT2D eigenvalue weighted by Crippen LogP contribution is 2.25. The van der Waals surface area contributed by atoms with Gasteiger partial charge in [-0.05, 0) is 48.7 Å². The van der Waals surface area contributed by atoms with Crippen LogP contribution in [-0.2, 0) is 21.2 Å². The van der Waals surface area contributed by atoms with Crippen molar-refractivity contribution in [2.24, 2.45) is 0 Å². The van der Waals surface area contributed by atoms with Crippen LogP contribution in [0.3, 0.4) is 0 Å². The van der Waals surface area contributed by atoms with Crippen LogP contribution in [0.15, 0.2) is 65.0 Å². The molecule has 1 saturated heterocycles.